The summed E-state index contributed by atoms with van der Waals surface area (Å²) >= 11 is 6.98. The summed E-state index contributed by atoms with van der Waals surface area (Å²) in [5.41, 5.74) is 1.41. The molecule has 0 amide bonds. The topological polar surface area (TPSA) is 3.24 Å². The average Bonchev–Trinajstić information content (AvgIpc) is 3.04. The third-order valence-electron chi connectivity index (χ3n) is 2.73. The predicted octanol–water partition coefficient (Wildman–Crippen LogP) is 3.81. The van der Waals surface area contributed by atoms with Crippen molar-refractivity contribution in [1.29, 1.82) is 0 Å². The molecule has 1 fully saturated rings. The molecule has 1 saturated carbocycles. The Balaban J connectivity index is 1.95. The van der Waals surface area contributed by atoms with Crippen molar-refractivity contribution in [1.82, 2.24) is 4.90 Å². The lowest BCUT2D eigenvalue weighted by Gasteiger charge is -2.20. The Morgan fingerprint density at radius 3 is 2.40 bits per heavy atom. The maximum absolute atomic E-state index is 3.52. The second-order valence-electron chi connectivity index (χ2n) is 4.02. The van der Waals surface area contributed by atoms with Gasteiger partial charge in [-0.25, -0.2) is 0 Å². The van der Waals surface area contributed by atoms with Gasteiger partial charge in [0.15, 0.2) is 0 Å². The molecule has 0 unspecified atom stereocenters. The Morgan fingerprint density at radius 1 is 1.20 bits per heavy atom. The molecule has 3 heteroatoms. The average molecular weight is 333 g/mol. The molecule has 0 bridgehead atoms. The third kappa shape index (κ3) is 3.58. The van der Waals surface area contributed by atoms with Gasteiger partial charge in [-0.2, -0.15) is 0 Å². The number of hydrogen-bond acceptors (Lipinski definition) is 1. The minimum atomic E-state index is 0.839. The standard InChI is InChI=1S/C12H15Br2N/c13-7-8-15(12-5-6-12)9-10-1-3-11(14)4-2-10/h1-4,12H,5-9H2. The minimum Gasteiger partial charge on any atom is -0.295 e. The van der Waals surface area contributed by atoms with E-state index in [9.17, 15) is 0 Å². The van der Waals surface area contributed by atoms with E-state index in [1.54, 1.807) is 0 Å². The van der Waals surface area contributed by atoms with E-state index in [4.69, 9.17) is 0 Å². The summed E-state index contributed by atoms with van der Waals surface area (Å²) in [4.78, 5) is 2.57. The van der Waals surface area contributed by atoms with Crippen LogP contribution in [0.2, 0.25) is 0 Å². The van der Waals surface area contributed by atoms with E-state index in [1.807, 2.05) is 0 Å². The predicted molar refractivity (Wildman–Crippen MR) is 71.4 cm³/mol. The molecule has 1 aliphatic rings. The van der Waals surface area contributed by atoms with Crippen LogP contribution < -0.4 is 0 Å². The molecule has 0 spiro atoms. The van der Waals surface area contributed by atoms with Crippen molar-refractivity contribution in [3.63, 3.8) is 0 Å². The summed E-state index contributed by atoms with van der Waals surface area (Å²) in [6.07, 6.45) is 2.76. The van der Waals surface area contributed by atoms with Gasteiger partial charge in [-0.15, -0.1) is 0 Å². The highest BCUT2D eigenvalue weighted by Crippen LogP contribution is 2.28. The summed E-state index contributed by atoms with van der Waals surface area (Å²) in [5.74, 6) is 0. The van der Waals surface area contributed by atoms with Gasteiger partial charge >= 0.3 is 0 Å². The molecule has 1 aromatic rings. The maximum atomic E-state index is 3.52. The lowest BCUT2D eigenvalue weighted by Crippen LogP contribution is -2.27. The Bertz CT molecular complexity index is 306. The third-order valence-corrected chi connectivity index (χ3v) is 3.62. The van der Waals surface area contributed by atoms with Crippen LogP contribution in [-0.2, 0) is 6.54 Å². The number of rotatable bonds is 5. The molecule has 2 rings (SSSR count). The van der Waals surface area contributed by atoms with Crippen LogP contribution in [0.4, 0.5) is 0 Å². The molecule has 0 saturated heterocycles. The zero-order chi connectivity index (χ0) is 10.7. The Morgan fingerprint density at radius 2 is 1.87 bits per heavy atom. The van der Waals surface area contributed by atoms with E-state index in [2.05, 4.69) is 61.0 Å². The first-order valence-corrected chi connectivity index (χ1v) is 7.25. The number of nitrogens with zero attached hydrogens (tertiary/aromatic N) is 1. The summed E-state index contributed by atoms with van der Waals surface area (Å²) in [5, 5.41) is 1.07. The Hall–Kier alpha value is 0.140. The SMILES string of the molecule is BrCCN(Cc1ccc(Br)cc1)C1CC1. The van der Waals surface area contributed by atoms with E-state index < -0.39 is 0 Å². The molecule has 1 nitrogen and oxygen atoms in total. The fourth-order valence-corrected chi connectivity index (χ4v) is 2.48. The molecule has 82 valence electrons. The van der Waals surface area contributed by atoms with Crippen molar-refractivity contribution in [3.05, 3.63) is 34.3 Å². The van der Waals surface area contributed by atoms with Crippen molar-refractivity contribution in [2.24, 2.45) is 0 Å². The monoisotopic (exact) mass is 331 g/mol. The first kappa shape index (κ1) is 11.6. The highest BCUT2D eigenvalue weighted by molar-refractivity contribution is 9.10. The van der Waals surface area contributed by atoms with Crippen LogP contribution in [0.15, 0.2) is 28.7 Å². The summed E-state index contributed by atoms with van der Waals surface area (Å²) in [7, 11) is 0. The summed E-state index contributed by atoms with van der Waals surface area (Å²) < 4.78 is 1.16. The van der Waals surface area contributed by atoms with Gasteiger partial charge in [0.25, 0.3) is 0 Å². The second kappa shape index (κ2) is 5.46. The zero-order valence-corrected chi connectivity index (χ0v) is 11.8. The number of benzene rings is 1. The summed E-state index contributed by atoms with van der Waals surface area (Å²) in [6, 6.07) is 9.48. The molecule has 15 heavy (non-hydrogen) atoms. The number of halogens is 2. The molecule has 1 aliphatic carbocycles. The fourth-order valence-electron chi connectivity index (χ4n) is 1.76. The Labute approximate surface area is 108 Å². The van der Waals surface area contributed by atoms with E-state index in [0.29, 0.717) is 0 Å². The van der Waals surface area contributed by atoms with Gasteiger partial charge in [-0.05, 0) is 30.5 Å². The molecule has 0 radical (unpaired) electrons. The highest BCUT2D eigenvalue weighted by Gasteiger charge is 2.28. The number of hydrogen-bond donors (Lipinski definition) is 0. The molecule has 0 heterocycles. The molecule has 1 aromatic carbocycles. The van der Waals surface area contributed by atoms with Gasteiger partial charge in [-0.1, -0.05) is 44.0 Å². The van der Waals surface area contributed by atoms with Crippen LogP contribution in [0.25, 0.3) is 0 Å². The van der Waals surface area contributed by atoms with Gasteiger partial charge in [0, 0.05) is 28.9 Å². The first-order chi connectivity index (χ1) is 7.29. The van der Waals surface area contributed by atoms with Crippen molar-refractivity contribution in [3.8, 4) is 0 Å². The fraction of sp³-hybridized carbons (Fsp3) is 0.500. The molecular weight excluding hydrogens is 318 g/mol. The van der Waals surface area contributed by atoms with Crippen molar-refractivity contribution in [2.75, 3.05) is 11.9 Å². The van der Waals surface area contributed by atoms with Crippen LogP contribution in [-0.4, -0.2) is 22.8 Å². The van der Waals surface area contributed by atoms with Crippen LogP contribution in [0.3, 0.4) is 0 Å². The minimum absolute atomic E-state index is 0.839. The molecule has 0 aliphatic heterocycles. The van der Waals surface area contributed by atoms with E-state index in [0.717, 1.165) is 28.9 Å². The van der Waals surface area contributed by atoms with Crippen LogP contribution >= 0.6 is 31.9 Å². The van der Waals surface area contributed by atoms with E-state index >= 15 is 0 Å². The van der Waals surface area contributed by atoms with Crippen LogP contribution in [0.1, 0.15) is 18.4 Å². The molecular formula is C12H15Br2N. The highest BCUT2D eigenvalue weighted by atomic mass is 79.9. The lowest BCUT2D eigenvalue weighted by atomic mass is 10.2. The van der Waals surface area contributed by atoms with Crippen molar-refractivity contribution >= 4 is 31.9 Å². The zero-order valence-electron chi connectivity index (χ0n) is 8.63. The maximum Gasteiger partial charge on any atom is 0.0237 e. The smallest absolute Gasteiger partial charge is 0.0237 e. The Kier molecular flexibility index (Phi) is 4.23. The van der Waals surface area contributed by atoms with Gasteiger partial charge < -0.3 is 0 Å². The van der Waals surface area contributed by atoms with Crippen molar-refractivity contribution in [2.45, 2.75) is 25.4 Å². The van der Waals surface area contributed by atoms with E-state index in [-0.39, 0.29) is 0 Å². The van der Waals surface area contributed by atoms with Gasteiger partial charge in [0.05, 0.1) is 0 Å². The molecule has 0 N–H and O–H groups in total. The van der Waals surface area contributed by atoms with Gasteiger partial charge in [0.2, 0.25) is 0 Å². The molecule has 0 atom stereocenters. The van der Waals surface area contributed by atoms with E-state index in [1.165, 1.54) is 18.4 Å². The van der Waals surface area contributed by atoms with Gasteiger partial charge in [-0.3, -0.25) is 4.90 Å². The lowest BCUT2D eigenvalue weighted by molar-refractivity contribution is 0.272. The first-order valence-electron chi connectivity index (χ1n) is 5.34. The van der Waals surface area contributed by atoms with Crippen LogP contribution in [0.5, 0.6) is 0 Å². The van der Waals surface area contributed by atoms with Gasteiger partial charge in [0.1, 0.15) is 0 Å². The molecule has 0 aromatic heterocycles. The normalized spacial score (nSPS) is 15.9. The number of alkyl halides is 1. The largest absolute Gasteiger partial charge is 0.295 e. The van der Waals surface area contributed by atoms with Crippen LogP contribution in [0, 0.1) is 0 Å². The van der Waals surface area contributed by atoms with Crippen molar-refractivity contribution < 1.29 is 0 Å². The second-order valence-corrected chi connectivity index (χ2v) is 5.73. The summed E-state index contributed by atoms with van der Waals surface area (Å²) in [6.45, 7) is 2.24. The quantitative estimate of drug-likeness (QED) is 0.741.